The van der Waals surface area contributed by atoms with E-state index < -0.39 is 11.6 Å². The van der Waals surface area contributed by atoms with Crippen molar-refractivity contribution >= 4 is 29.1 Å². The lowest BCUT2D eigenvalue weighted by molar-refractivity contribution is -0.169. The highest BCUT2D eigenvalue weighted by atomic mass is 35.5. The van der Waals surface area contributed by atoms with Crippen molar-refractivity contribution in [2.45, 2.75) is 18.6 Å². The second-order valence-corrected chi connectivity index (χ2v) is 6.40. The topological polar surface area (TPSA) is 72.4 Å². The molecule has 7 nitrogen and oxygen atoms in total. The van der Waals surface area contributed by atoms with Crippen molar-refractivity contribution in [2.75, 3.05) is 36.5 Å². The van der Waals surface area contributed by atoms with Gasteiger partial charge >= 0.3 is 0 Å². The standard InChI is InChI=1S/C16H17ClFN5O2/c17-12-9-11(1-2-13(12)18)20-14-10-19-22-15(21-14)23-5-3-16(4-6-23)24-7-8-25-16/h1-2,9-10H,3-8H2,(H,20,21,22). The van der Waals surface area contributed by atoms with E-state index in [1.54, 1.807) is 6.07 Å². The van der Waals surface area contributed by atoms with Gasteiger partial charge in [-0.15, -0.1) is 5.10 Å². The second kappa shape index (κ2) is 6.70. The molecule has 2 aromatic rings. The van der Waals surface area contributed by atoms with E-state index in [4.69, 9.17) is 21.1 Å². The van der Waals surface area contributed by atoms with Crippen molar-refractivity contribution in [3.63, 3.8) is 0 Å². The Hall–Kier alpha value is -2.03. The van der Waals surface area contributed by atoms with Crippen molar-refractivity contribution in [3.8, 4) is 0 Å². The van der Waals surface area contributed by atoms with Gasteiger partial charge in [0.25, 0.3) is 0 Å². The lowest BCUT2D eigenvalue weighted by Gasteiger charge is -2.37. The molecule has 0 saturated carbocycles. The number of benzene rings is 1. The van der Waals surface area contributed by atoms with Gasteiger partial charge in [-0.05, 0) is 18.2 Å². The Morgan fingerprint density at radius 3 is 2.68 bits per heavy atom. The van der Waals surface area contributed by atoms with Crippen LogP contribution in [0.2, 0.25) is 5.02 Å². The number of aromatic nitrogens is 3. The zero-order valence-electron chi connectivity index (χ0n) is 13.4. The molecule has 2 fully saturated rings. The molecule has 0 bridgehead atoms. The summed E-state index contributed by atoms with van der Waals surface area (Å²) < 4.78 is 24.7. The smallest absolute Gasteiger partial charge is 0.247 e. The van der Waals surface area contributed by atoms with E-state index in [0.29, 0.717) is 30.7 Å². The van der Waals surface area contributed by atoms with Crippen LogP contribution < -0.4 is 10.2 Å². The minimum Gasteiger partial charge on any atom is -0.347 e. The molecule has 9 heteroatoms. The molecule has 0 aliphatic carbocycles. The Balaban J connectivity index is 1.45. The van der Waals surface area contributed by atoms with Crippen LogP contribution in [0.3, 0.4) is 0 Å². The first-order valence-corrected chi connectivity index (χ1v) is 8.46. The van der Waals surface area contributed by atoms with Gasteiger partial charge in [-0.3, -0.25) is 0 Å². The molecular formula is C16H17ClFN5O2. The number of ether oxygens (including phenoxy) is 2. The minimum absolute atomic E-state index is 0.0464. The Morgan fingerprint density at radius 2 is 1.96 bits per heavy atom. The third kappa shape index (κ3) is 3.51. The van der Waals surface area contributed by atoms with Crippen LogP contribution in [0.1, 0.15) is 12.8 Å². The number of piperidine rings is 1. The summed E-state index contributed by atoms with van der Waals surface area (Å²) in [5, 5.41) is 11.2. The first-order chi connectivity index (χ1) is 12.1. The monoisotopic (exact) mass is 365 g/mol. The van der Waals surface area contributed by atoms with Gasteiger partial charge in [0.1, 0.15) is 5.82 Å². The van der Waals surface area contributed by atoms with Crippen LogP contribution in [0.25, 0.3) is 0 Å². The van der Waals surface area contributed by atoms with Crippen LogP contribution in [0.4, 0.5) is 21.8 Å². The average Bonchev–Trinajstić information content (AvgIpc) is 3.07. The molecule has 132 valence electrons. The van der Waals surface area contributed by atoms with Crippen LogP contribution in [0.5, 0.6) is 0 Å². The Labute approximate surface area is 149 Å². The first kappa shape index (κ1) is 16.4. The van der Waals surface area contributed by atoms with E-state index in [-0.39, 0.29) is 5.02 Å². The van der Waals surface area contributed by atoms with E-state index >= 15 is 0 Å². The summed E-state index contributed by atoms with van der Waals surface area (Å²) in [6, 6.07) is 4.38. The third-order valence-electron chi connectivity index (χ3n) is 4.36. The van der Waals surface area contributed by atoms with Crippen LogP contribution in [0, 0.1) is 5.82 Å². The molecule has 2 saturated heterocycles. The summed E-state index contributed by atoms with van der Waals surface area (Å²) in [6.07, 6.45) is 3.04. The number of rotatable bonds is 3. The van der Waals surface area contributed by atoms with E-state index in [0.717, 1.165) is 25.9 Å². The summed E-state index contributed by atoms with van der Waals surface area (Å²) in [5.74, 6) is 0.143. The normalized spacial score (nSPS) is 19.4. The lowest BCUT2D eigenvalue weighted by atomic mass is 10.0. The molecule has 1 aromatic heterocycles. The molecule has 2 aliphatic heterocycles. The van der Waals surface area contributed by atoms with Gasteiger partial charge in [-0.25, -0.2) is 4.39 Å². The molecule has 3 heterocycles. The Kier molecular flexibility index (Phi) is 4.41. The number of nitrogens with one attached hydrogen (secondary N) is 1. The van der Waals surface area contributed by atoms with Crippen molar-refractivity contribution in [1.82, 2.24) is 15.2 Å². The summed E-state index contributed by atoms with van der Waals surface area (Å²) in [4.78, 5) is 6.53. The molecule has 1 aromatic carbocycles. The molecular weight excluding hydrogens is 349 g/mol. The fourth-order valence-electron chi connectivity index (χ4n) is 3.04. The maximum atomic E-state index is 13.2. The van der Waals surface area contributed by atoms with E-state index in [2.05, 4.69) is 20.5 Å². The van der Waals surface area contributed by atoms with E-state index in [9.17, 15) is 4.39 Å². The number of nitrogens with zero attached hydrogens (tertiary/aromatic N) is 4. The lowest BCUT2D eigenvalue weighted by Crippen LogP contribution is -2.45. The first-order valence-electron chi connectivity index (χ1n) is 8.08. The molecule has 2 aliphatic rings. The van der Waals surface area contributed by atoms with Crippen molar-refractivity contribution in [1.29, 1.82) is 0 Å². The van der Waals surface area contributed by atoms with Crippen molar-refractivity contribution < 1.29 is 13.9 Å². The number of anilines is 3. The number of hydrogen-bond donors (Lipinski definition) is 1. The highest BCUT2D eigenvalue weighted by Gasteiger charge is 2.40. The zero-order chi connectivity index (χ0) is 17.3. The molecule has 0 unspecified atom stereocenters. The summed E-state index contributed by atoms with van der Waals surface area (Å²) >= 11 is 5.80. The summed E-state index contributed by atoms with van der Waals surface area (Å²) in [5.41, 5.74) is 0.628. The highest BCUT2D eigenvalue weighted by molar-refractivity contribution is 6.31. The third-order valence-corrected chi connectivity index (χ3v) is 4.65. The molecule has 0 radical (unpaired) electrons. The summed E-state index contributed by atoms with van der Waals surface area (Å²) in [6.45, 7) is 2.76. The van der Waals surface area contributed by atoms with Gasteiger partial charge in [0.05, 0.1) is 24.4 Å². The van der Waals surface area contributed by atoms with Gasteiger partial charge in [0, 0.05) is 31.6 Å². The molecule has 4 rings (SSSR count). The molecule has 1 N–H and O–H groups in total. The van der Waals surface area contributed by atoms with Gasteiger partial charge < -0.3 is 19.7 Å². The summed E-state index contributed by atoms with van der Waals surface area (Å²) in [7, 11) is 0. The Bertz CT molecular complexity index is 762. The van der Waals surface area contributed by atoms with Crippen LogP contribution in [0.15, 0.2) is 24.4 Å². The quantitative estimate of drug-likeness (QED) is 0.896. The fourth-order valence-corrected chi connectivity index (χ4v) is 3.22. The van der Waals surface area contributed by atoms with Crippen LogP contribution in [-0.4, -0.2) is 47.3 Å². The van der Waals surface area contributed by atoms with Gasteiger partial charge in [-0.1, -0.05) is 11.6 Å². The molecule has 25 heavy (non-hydrogen) atoms. The van der Waals surface area contributed by atoms with Crippen molar-refractivity contribution in [2.24, 2.45) is 0 Å². The predicted molar refractivity (Wildman–Crippen MR) is 90.6 cm³/mol. The van der Waals surface area contributed by atoms with Crippen LogP contribution in [-0.2, 0) is 9.47 Å². The predicted octanol–water partition coefficient (Wildman–Crippen LogP) is 2.75. The van der Waals surface area contributed by atoms with E-state index in [1.165, 1.54) is 18.3 Å². The average molecular weight is 366 g/mol. The molecule has 0 amide bonds. The van der Waals surface area contributed by atoms with Crippen LogP contribution >= 0.6 is 11.6 Å². The molecule has 1 spiro atoms. The number of hydrogen-bond acceptors (Lipinski definition) is 7. The maximum absolute atomic E-state index is 13.2. The Morgan fingerprint density at radius 1 is 1.20 bits per heavy atom. The van der Waals surface area contributed by atoms with Gasteiger partial charge in [0.15, 0.2) is 11.6 Å². The SMILES string of the molecule is Fc1ccc(Nc2cnnc(N3CCC4(CC3)OCCO4)n2)cc1Cl. The fraction of sp³-hybridized carbons (Fsp3) is 0.438. The van der Waals surface area contributed by atoms with Gasteiger partial charge in [0.2, 0.25) is 5.95 Å². The van der Waals surface area contributed by atoms with E-state index in [1.807, 2.05) is 4.90 Å². The molecule has 0 atom stereocenters. The largest absolute Gasteiger partial charge is 0.347 e. The minimum atomic E-state index is -0.465. The zero-order valence-corrected chi connectivity index (χ0v) is 14.2. The van der Waals surface area contributed by atoms with Gasteiger partial charge in [-0.2, -0.15) is 10.1 Å². The maximum Gasteiger partial charge on any atom is 0.247 e. The second-order valence-electron chi connectivity index (χ2n) is 5.99. The highest BCUT2D eigenvalue weighted by Crippen LogP contribution is 2.32. The van der Waals surface area contributed by atoms with Crippen molar-refractivity contribution in [3.05, 3.63) is 35.2 Å². The number of halogens is 2.